The van der Waals surface area contributed by atoms with E-state index in [0.717, 1.165) is 49.6 Å². The first-order valence-corrected chi connectivity index (χ1v) is 9.45. The third-order valence-corrected chi connectivity index (χ3v) is 4.88. The highest BCUT2D eigenvalue weighted by Crippen LogP contribution is 2.32. The third kappa shape index (κ3) is 5.15. The van der Waals surface area contributed by atoms with E-state index in [2.05, 4.69) is 29.6 Å². The Bertz CT molecular complexity index is 696. The van der Waals surface area contributed by atoms with Gasteiger partial charge in [0.05, 0.1) is 20.3 Å². The standard InChI is InChI=1S/C22H29NO3/c1-24-20-9-5-6-17(14-20)12-13-23-16-18-10-11-21(25-2)22(15-18)26-19-7-3-4-8-19/h5-6,9-11,14-15,19,23H,3-4,7-8,12-13,16H2,1-2H3. The van der Waals surface area contributed by atoms with E-state index in [0.29, 0.717) is 6.10 Å². The van der Waals surface area contributed by atoms with Crippen LogP contribution in [0.3, 0.4) is 0 Å². The lowest BCUT2D eigenvalue weighted by atomic mass is 10.1. The van der Waals surface area contributed by atoms with Gasteiger partial charge in [0.25, 0.3) is 0 Å². The lowest BCUT2D eigenvalue weighted by Gasteiger charge is -2.17. The quantitative estimate of drug-likeness (QED) is 0.679. The van der Waals surface area contributed by atoms with Crippen LogP contribution in [0.4, 0.5) is 0 Å². The van der Waals surface area contributed by atoms with Crippen LogP contribution in [0.15, 0.2) is 42.5 Å². The van der Waals surface area contributed by atoms with Gasteiger partial charge < -0.3 is 19.5 Å². The molecule has 2 aromatic rings. The van der Waals surface area contributed by atoms with Crippen molar-refractivity contribution in [2.75, 3.05) is 20.8 Å². The molecule has 0 aromatic heterocycles. The molecule has 4 nitrogen and oxygen atoms in total. The second-order valence-electron chi connectivity index (χ2n) is 6.79. The lowest BCUT2D eigenvalue weighted by molar-refractivity contribution is 0.200. The van der Waals surface area contributed by atoms with E-state index in [9.17, 15) is 0 Å². The molecule has 0 atom stereocenters. The average molecular weight is 355 g/mol. The van der Waals surface area contributed by atoms with Crippen molar-refractivity contribution in [2.45, 2.75) is 44.8 Å². The maximum Gasteiger partial charge on any atom is 0.161 e. The van der Waals surface area contributed by atoms with E-state index in [1.54, 1.807) is 14.2 Å². The van der Waals surface area contributed by atoms with Crippen LogP contribution in [0.25, 0.3) is 0 Å². The van der Waals surface area contributed by atoms with Crippen molar-refractivity contribution in [3.05, 3.63) is 53.6 Å². The largest absolute Gasteiger partial charge is 0.497 e. The van der Waals surface area contributed by atoms with Crippen molar-refractivity contribution < 1.29 is 14.2 Å². The van der Waals surface area contributed by atoms with Gasteiger partial charge in [-0.25, -0.2) is 0 Å². The van der Waals surface area contributed by atoms with Gasteiger partial charge in [0.15, 0.2) is 11.5 Å². The third-order valence-electron chi connectivity index (χ3n) is 4.88. The Morgan fingerprint density at radius 1 is 0.923 bits per heavy atom. The van der Waals surface area contributed by atoms with Crippen molar-refractivity contribution in [2.24, 2.45) is 0 Å². The Kier molecular flexibility index (Phi) is 6.78. The highest BCUT2D eigenvalue weighted by molar-refractivity contribution is 5.43. The summed E-state index contributed by atoms with van der Waals surface area (Å²) in [4.78, 5) is 0. The summed E-state index contributed by atoms with van der Waals surface area (Å²) in [5.41, 5.74) is 2.49. The van der Waals surface area contributed by atoms with Gasteiger partial charge in [-0.3, -0.25) is 0 Å². The summed E-state index contributed by atoms with van der Waals surface area (Å²) in [6.45, 7) is 1.73. The molecule has 0 spiro atoms. The molecule has 0 amide bonds. The molecule has 0 heterocycles. The number of ether oxygens (including phenoxy) is 3. The minimum atomic E-state index is 0.333. The predicted molar refractivity (Wildman–Crippen MR) is 104 cm³/mol. The molecule has 0 aliphatic heterocycles. The molecule has 1 aliphatic rings. The van der Waals surface area contributed by atoms with E-state index < -0.39 is 0 Å². The van der Waals surface area contributed by atoms with Crippen LogP contribution in [0, 0.1) is 0 Å². The molecule has 1 aliphatic carbocycles. The smallest absolute Gasteiger partial charge is 0.161 e. The monoisotopic (exact) mass is 355 g/mol. The normalized spacial score (nSPS) is 14.4. The zero-order valence-corrected chi connectivity index (χ0v) is 15.8. The number of hydrogen-bond acceptors (Lipinski definition) is 4. The highest BCUT2D eigenvalue weighted by Gasteiger charge is 2.18. The van der Waals surface area contributed by atoms with Crippen LogP contribution in [0.1, 0.15) is 36.8 Å². The van der Waals surface area contributed by atoms with Crippen molar-refractivity contribution in [3.8, 4) is 17.2 Å². The Labute approximate surface area is 156 Å². The zero-order chi connectivity index (χ0) is 18.2. The Hall–Kier alpha value is -2.20. The average Bonchev–Trinajstić information content (AvgIpc) is 3.19. The van der Waals surface area contributed by atoms with Gasteiger partial charge in [-0.15, -0.1) is 0 Å². The zero-order valence-electron chi connectivity index (χ0n) is 15.8. The number of hydrogen-bond donors (Lipinski definition) is 1. The molecule has 4 heteroatoms. The maximum atomic E-state index is 6.17. The fourth-order valence-corrected chi connectivity index (χ4v) is 3.40. The van der Waals surface area contributed by atoms with Crippen LogP contribution < -0.4 is 19.5 Å². The summed E-state index contributed by atoms with van der Waals surface area (Å²) in [6.07, 6.45) is 6.12. The highest BCUT2D eigenvalue weighted by atomic mass is 16.5. The van der Waals surface area contributed by atoms with E-state index >= 15 is 0 Å². The SMILES string of the molecule is COc1cccc(CCNCc2ccc(OC)c(OC3CCCC3)c2)c1. The topological polar surface area (TPSA) is 39.7 Å². The molecule has 26 heavy (non-hydrogen) atoms. The van der Waals surface area contributed by atoms with Gasteiger partial charge in [-0.05, 0) is 74.0 Å². The number of benzene rings is 2. The van der Waals surface area contributed by atoms with Crippen molar-refractivity contribution >= 4 is 0 Å². The minimum Gasteiger partial charge on any atom is -0.497 e. The number of methoxy groups -OCH3 is 2. The molecular formula is C22H29NO3. The summed E-state index contributed by atoms with van der Waals surface area (Å²) in [6, 6.07) is 14.4. The molecule has 0 radical (unpaired) electrons. The van der Waals surface area contributed by atoms with E-state index in [1.165, 1.54) is 24.0 Å². The molecular weight excluding hydrogens is 326 g/mol. The molecule has 0 unspecified atom stereocenters. The molecule has 1 saturated carbocycles. The summed E-state index contributed by atoms with van der Waals surface area (Å²) in [5, 5.41) is 3.51. The summed E-state index contributed by atoms with van der Waals surface area (Å²) in [5.74, 6) is 2.59. The van der Waals surface area contributed by atoms with Gasteiger partial charge in [0.1, 0.15) is 5.75 Å². The predicted octanol–water partition coefficient (Wildman–Crippen LogP) is 4.36. The molecule has 0 saturated heterocycles. The van der Waals surface area contributed by atoms with Gasteiger partial charge in [-0.2, -0.15) is 0 Å². The fourth-order valence-electron chi connectivity index (χ4n) is 3.40. The fraction of sp³-hybridized carbons (Fsp3) is 0.455. The van der Waals surface area contributed by atoms with E-state index in [4.69, 9.17) is 14.2 Å². The lowest BCUT2D eigenvalue weighted by Crippen LogP contribution is -2.17. The first-order valence-electron chi connectivity index (χ1n) is 9.45. The van der Waals surface area contributed by atoms with Crippen LogP contribution in [0.5, 0.6) is 17.2 Å². The minimum absolute atomic E-state index is 0.333. The summed E-state index contributed by atoms with van der Waals surface area (Å²) >= 11 is 0. The van der Waals surface area contributed by atoms with Crippen molar-refractivity contribution in [3.63, 3.8) is 0 Å². The molecule has 1 N–H and O–H groups in total. The Morgan fingerprint density at radius 2 is 1.77 bits per heavy atom. The summed E-state index contributed by atoms with van der Waals surface area (Å²) < 4.78 is 16.9. The number of rotatable bonds is 9. The van der Waals surface area contributed by atoms with Crippen LogP contribution in [0.2, 0.25) is 0 Å². The van der Waals surface area contributed by atoms with Gasteiger partial charge >= 0.3 is 0 Å². The van der Waals surface area contributed by atoms with Crippen molar-refractivity contribution in [1.29, 1.82) is 0 Å². The van der Waals surface area contributed by atoms with Gasteiger partial charge in [0.2, 0.25) is 0 Å². The van der Waals surface area contributed by atoms with Crippen LogP contribution >= 0.6 is 0 Å². The first kappa shape index (κ1) is 18.6. The Balaban J connectivity index is 1.52. The molecule has 140 valence electrons. The molecule has 2 aromatic carbocycles. The summed E-state index contributed by atoms with van der Waals surface area (Å²) in [7, 11) is 3.40. The number of nitrogens with one attached hydrogen (secondary N) is 1. The molecule has 3 rings (SSSR count). The van der Waals surface area contributed by atoms with E-state index in [1.807, 2.05) is 18.2 Å². The first-order chi connectivity index (χ1) is 12.8. The maximum absolute atomic E-state index is 6.17. The van der Waals surface area contributed by atoms with Crippen LogP contribution in [-0.2, 0) is 13.0 Å². The molecule has 1 fully saturated rings. The van der Waals surface area contributed by atoms with Gasteiger partial charge in [-0.1, -0.05) is 18.2 Å². The van der Waals surface area contributed by atoms with Crippen LogP contribution in [-0.4, -0.2) is 26.9 Å². The molecule has 0 bridgehead atoms. The Morgan fingerprint density at radius 3 is 2.54 bits per heavy atom. The second-order valence-corrected chi connectivity index (χ2v) is 6.79. The van der Waals surface area contributed by atoms with Crippen molar-refractivity contribution in [1.82, 2.24) is 5.32 Å². The van der Waals surface area contributed by atoms with Gasteiger partial charge in [0, 0.05) is 6.54 Å². The van der Waals surface area contributed by atoms with E-state index in [-0.39, 0.29) is 0 Å². The second kappa shape index (κ2) is 9.48.